The van der Waals surface area contributed by atoms with Crippen LogP contribution in [0.2, 0.25) is 0 Å². The van der Waals surface area contributed by atoms with Crippen LogP contribution < -0.4 is 11.3 Å². The highest BCUT2D eigenvalue weighted by molar-refractivity contribution is 5.75. The Balaban J connectivity index is 2.63. The number of H-pyrrole nitrogens is 1. The minimum atomic E-state index is -0.266. The van der Waals surface area contributed by atoms with Crippen LogP contribution in [0.25, 0.3) is 10.9 Å². The lowest BCUT2D eigenvalue weighted by Crippen LogP contribution is -2.23. The third-order valence-corrected chi connectivity index (χ3v) is 2.56. The fourth-order valence-electron chi connectivity index (χ4n) is 1.48. The molecular formula is C11H14N4O. The third kappa shape index (κ3) is 1.81. The number of pyridine rings is 1. The van der Waals surface area contributed by atoms with Crippen LogP contribution in [0.15, 0.2) is 23.3 Å². The van der Waals surface area contributed by atoms with Gasteiger partial charge in [0, 0.05) is 6.20 Å². The van der Waals surface area contributed by atoms with E-state index in [1.54, 1.807) is 18.5 Å². The summed E-state index contributed by atoms with van der Waals surface area (Å²) in [6, 6.07) is 1.38. The van der Waals surface area contributed by atoms with Gasteiger partial charge in [0.05, 0.1) is 23.1 Å². The molecule has 84 valence electrons. The molecule has 5 heteroatoms. The predicted octanol–water partition coefficient (Wildman–Crippen LogP) is 0.974. The average molecular weight is 218 g/mol. The molecule has 0 fully saturated rings. The summed E-state index contributed by atoms with van der Waals surface area (Å²) >= 11 is 0. The largest absolute Gasteiger partial charge is 0.321 e. The van der Waals surface area contributed by atoms with Gasteiger partial charge in [-0.25, -0.2) is 4.98 Å². The number of nitrogens with zero attached hydrogens (tertiary/aromatic N) is 2. The minimum Gasteiger partial charge on any atom is -0.321 e. The SMILES string of the molecule is CC(C)C(N)c1nc2cnccc2c(=O)[nH]1. The molecule has 2 aromatic heterocycles. The Bertz CT molecular complexity index is 561. The van der Waals surface area contributed by atoms with Gasteiger partial charge < -0.3 is 10.7 Å². The number of aromatic amines is 1. The highest BCUT2D eigenvalue weighted by atomic mass is 16.1. The zero-order chi connectivity index (χ0) is 11.7. The average Bonchev–Trinajstić information content (AvgIpc) is 2.28. The Morgan fingerprint density at radius 1 is 1.44 bits per heavy atom. The van der Waals surface area contributed by atoms with Crippen LogP contribution in [0.4, 0.5) is 0 Å². The van der Waals surface area contributed by atoms with E-state index >= 15 is 0 Å². The maximum Gasteiger partial charge on any atom is 0.258 e. The molecule has 1 unspecified atom stereocenters. The van der Waals surface area contributed by atoms with Gasteiger partial charge in [-0.3, -0.25) is 9.78 Å². The molecule has 0 bridgehead atoms. The Morgan fingerprint density at radius 2 is 2.19 bits per heavy atom. The highest BCUT2D eigenvalue weighted by Gasteiger charge is 2.14. The number of fused-ring (bicyclic) bond motifs is 1. The van der Waals surface area contributed by atoms with Crippen molar-refractivity contribution in [3.05, 3.63) is 34.6 Å². The molecular weight excluding hydrogens is 204 g/mol. The van der Waals surface area contributed by atoms with Crippen molar-refractivity contribution in [3.8, 4) is 0 Å². The van der Waals surface area contributed by atoms with Crippen LogP contribution in [0.1, 0.15) is 25.7 Å². The van der Waals surface area contributed by atoms with Crippen molar-refractivity contribution in [1.82, 2.24) is 15.0 Å². The van der Waals surface area contributed by atoms with Gasteiger partial charge in [0.2, 0.25) is 0 Å². The number of nitrogens with two attached hydrogens (primary N) is 1. The Labute approximate surface area is 92.7 Å². The summed E-state index contributed by atoms with van der Waals surface area (Å²) in [6.45, 7) is 3.97. The lowest BCUT2D eigenvalue weighted by molar-refractivity contribution is 0.490. The van der Waals surface area contributed by atoms with Crippen molar-refractivity contribution in [2.75, 3.05) is 0 Å². The first kappa shape index (κ1) is 10.8. The number of hydrogen-bond acceptors (Lipinski definition) is 4. The molecule has 2 rings (SSSR count). The Kier molecular flexibility index (Phi) is 2.70. The number of rotatable bonds is 2. The first-order valence-corrected chi connectivity index (χ1v) is 5.19. The molecule has 0 saturated heterocycles. The molecule has 0 aromatic carbocycles. The van der Waals surface area contributed by atoms with E-state index in [-0.39, 0.29) is 17.5 Å². The summed E-state index contributed by atoms with van der Waals surface area (Å²) in [6.07, 6.45) is 3.14. The normalized spacial score (nSPS) is 13.2. The van der Waals surface area contributed by atoms with E-state index in [4.69, 9.17) is 5.73 Å². The number of hydrogen-bond donors (Lipinski definition) is 2. The van der Waals surface area contributed by atoms with E-state index in [9.17, 15) is 4.79 Å². The molecule has 5 nitrogen and oxygen atoms in total. The van der Waals surface area contributed by atoms with Gasteiger partial charge in [-0.2, -0.15) is 0 Å². The van der Waals surface area contributed by atoms with Crippen molar-refractivity contribution in [3.63, 3.8) is 0 Å². The summed E-state index contributed by atoms with van der Waals surface area (Å²) in [5.41, 5.74) is 6.36. The van der Waals surface area contributed by atoms with Crippen LogP contribution >= 0.6 is 0 Å². The molecule has 0 saturated carbocycles. The molecule has 2 aromatic rings. The van der Waals surface area contributed by atoms with Gasteiger partial charge in [-0.1, -0.05) is 13.8 Å². The van der Waals surface area contributed by atoms with E-state index in [1.165, 1.54) is 0 Å². The monoisotopic (exact) mass is 218 g/mol. The highest BCUT2D eigenvalue weighted by Crippen LogP contribution is 2.15. The molecule has 0 spiro atoms. The summed E-state index contributed by atoms with van der Waals surface area (Å²) in [7, 11) is 0. The molecule has 0 radical (unpaired) electrons. The Hall–Kier alpha value is -1.75. The molecule has 0 aliphatic rings. The van der Waals surface area contributed by atoms with Crippen molar-refractivity contribution in [1.29, 1.82) is 0 Å². The topological polar surface area (TPSA) is 84.7 Å². The van der Waals surface area contributed by atoms with Gasteiger partial charge in [0.25, 0.3) is 5.56 Å². The van der Waals surface area contributed by atoms with Gasteiger partial charge in [-0.15, -0.1) is 0 Å². The lowest BCUT2D eigenvalue weighted by Gasteiger charge is -2.14. The van der Waals surface area contributed by atoms with E-state index < -0.39 is 0 Å². The van der Waals surface area contributed by atoms with Gasteiger partial charge >= 0.3 is 0 Å². The minimum absolute atomic E-state index is 0.168. The lowest BCUT2D eigenvalue weighted by atomic mass is 10.0. The van der Waals surface area contributed by atoms with Crippen LogP contribution in [0, 0.1) is 5.92 Å². The molecule has 0 aliphatic heterocycles. The molecule has 1 atom stereocenters. The fraction of sp³-hybridized carbons (Fsp3) is 0.364. The zero-order valence-corrected chi connectivity index (χ0v) is 9.27. The zero-order valence-electron chi connectivity index (χ0n) is 9.27. The quantitative estimate of drug-likeness (QED) is 0.786. The van der Waals surface area contributed by atoms with E-state index in [2.05, 4.69) is 15.0 Å². The first-order chi connectivity index (χ1) is 7.59. The second kappa shape index (κ2) is 4.02. The second-order valence-electron chi connectivity index (χ2n) is 4.11. The predicted molar refractivity (Wildman–Crippen MR) is 61.9 cm³/mol. The van der Waals surface area contributed by atoms with Crippen molar-refractivity contribution >= 4 is 10.9 Å². The smallest absolute Gasteiger partial charge is 0.258 e. The summed E-state index contributed by atoms with van der Waals surface area (Å²) in [4.78, 5) is 22.7. The van der Waals surface area contributed by atoms with E-state index in [1.807, 2.05) is 13.8 Å². The molecule has 16 heavy (non-hydrogen) atoms. The van der Waals surface area contributed by atoms with Crippen LogP contribution in [0.5, 0.6) is 0 Å². The summed E-state index contributed by atoms with van der Waals surface area (Å²) in [5, 5.41) is 0.537. The van der Waals surface area contributed by atoms with E-state index in [0.29, 0.717) is 16.7 Å². The summed E-state index contributed by atoms with van der Waals surface area (Å²) < 4.78 is 0. The van der Waals surface area contributed by atoms with Crippen molar-refractivity contribution < 1.29 is 0 Å². The maximum absolute atomic E-state index is 11.7. The maximum atomic E-state index is 11.7. The van der Waals surface area contributed by atoms with Crippen LogP contribution in [0.3, 0.4) is 0 Å². The molecule has 0 aliphatic carbocycles. The number of nitrogens with one attached hydrogen (secondary N) is 1. The second-order valence-corrected chi connectivity index (χ2v) is 4.11. The molecule has 3 N–H and O–H groups in total. The summed E-state index contributed by atoms with van der Waals surface area (Å²) in [5.74, 6) is 0.734. The molecule has 0 amide bonds. The standard InChI is InChI=1S/C11H14N4O/c1-6(2)9(12)10-14-8-5-13-4-3-7(8)11(16)15-10/h3-6,9H,12H2,1-2H3,(H,14,15,16). The van der Waals surface area contributed by atoms with Gasteiger partial charge in [-0.05, 0) is 12.0 Å². The van der Waals surface area contributed by atoms with Crippen molar-refractivity contribution in [2.24, 2.45) is 11.7 Å². The first-order valence-electron chi connectivity index (χ1n) is 5.19. The third-order valence-electron chi connectivity index (χ3n) is 2.56. The molecule has 2 heterocycles. The van der Waals surface area contributed by atoms with Gasteiger partial charge in [0.15, 0.2) is 0 Å². The van der Waals surface area contributed by atoms with Crippen LogP contribution in [-0.4, -0.2) is 15.0 Å². The van der Waals surface area contributed by atoms with Gasteiger partial charge in [0.1, 0.15) is 5.82 Å². The Morgan fingerprint density at radius 3 is 2.88 bits per heavy atom. The van der Waals surface area contributed by atoms with Crippen LogP contribution in [-0.2, 0) is 0 Å². The van der Waals surface area contributed by atoms with Crippen molar-refractivity contribution in [2.45, 2.75) is 19.9 Å². The van der Waals surface area contributed by atoms with E-state index in [0.717, 1.165) is 0 Å². The fourth-order valence-corrected chi connectivity index (χ4v) is 1.48. The number of aromatic nitrogens is 3.